The second-order valence-electron chi connectivity index (χ2n) is 7.57. The van der Waals surface area contributed by atoms with Crippen LogP contribution in [0.4, 0.5) is 24.0 Å². The molecule has 1 atom stereocenters. The Morgan fingerprint density at radius 2 is 1.97 bits per heavy atom. The highest BCUT2D eigenvalue weighted by molar-refractivity contribution is 7.19. The van der Waals surface area contributed by atoms with E-state index < -0.39 is 11.7 Å². The number of carbonyl (C=O) groups is 1. The largest absolute Gasteiger partial charge is 0.416 e. The van der Waals surface area contributed by atoms with E-state index in [1.54, 1.807) is 0 Å². The average Bonchev–Trinajstić information content (AvgIpc) is 3.26. The van der Waals surface area contributed by atoms with Gasteiger partial charge in [-0.2, -0.15) is 13.2 Å². The van der Waals surface area contributed by atoms with E-state index in [9.17, 15) is 18.0 Å². The van der Waals surface area contributed by atoms with Crippen molar-refractivity contribution in [2.24, 2.45) is 5.73 Å². The quantitative estimate of drug-likeness (QED) is 0.517. The fraction of sp³-hybridized carbons (Fsp3) is 0.273. The molecule has 1 amide bonds. The normalized spacial score (nSPS) is 14.3. The van der Waals surface area contributed by atoms with Gasteiger partial charge in [0.15, 0.2) is 5.13 Å². The summed E-state index contributed by atoms with van der Waals surface area (Å²) in [5, 5.41) is 6.78. The molecule has 0 unspecified atom stereocenters. The molecule has 0 radical (unpaired) electrons. The van der Waals surface area contributed by atoms with Crippen LogP contribution in [0.1, 0.15) is 22.4 Å². The van der Waals surface area contributed by atoms with E-state index in [0.717, 1.165) is 50.2 Å². The Morgan fingerprint density at radius 1 is 1.23 bits per heavy atom. The first-order chi connectivity index (χ1) is 14.7. The predicted molar refractivity (Wildman–Crippen MR) is 116 cm³/mol. The number of thiazole rings is 1. The lowest BCUT2D eigenvalue weighted by atomic mass is 10.0. The molecule has 0 saturated carbocycles. The van der Waals surface area contributed by atoms with Crippen LogP contribution in [0, 0.1) is 6.92 Å². The summed E-state index contributed by atoms with van der Waals surface area (Å²) in [7, 11) is 0. The Labute approximate surface area is 181 Å². The first kappa shape index (κ1) is 21.3. The minimum atomic E-state index is -4.34. The Kier molecular flexibility index (Phi) is 5.72. The number of aromatic nitrogens is 1. The van der Waals surface area contributed by atoms with Gasteiger partial charge in [0.25, 0.3) is 0 Å². The topological polar surface area (TPSA) is 80.0 Å². The van der Waals surface area contributed by atoms with Crippen molar-refractivity contribution in [3.05, 3.63) is 64.8 Å². The minimum absolute atomic E-state index is 0.00225. The predicted octanol–water partition coefficient (Wildman–Crippen LogP) is 4.61. The Hall–Kier alpha value is -2.91. The van der Waals surface area contributed by atoms with Gasteiger partial charge < -0.3 is 16.4 Å². The number of rotatable bonds is 6. The lowest BCUT2D eigenvalue weighted by molar-refractivity contribution is -0.137. The molecule has 31 heavy (non-hydrogen) atoms. The molecule has 3 aromatic rings. The number of hydrogen-bond acceptors (Lipinski definition) is 5. The van der Waals surface area contributed by atoms with Crippen LogP contribution in [0.25, 0.3) is 10.4 Å². The molecule has 1 aliphatic rings. The number of anilines is 2. The number of nitrogens with two attached hydrogens (primary N) is 1. The third kappa shape index (κ3) is 4.88. The minimum Gasteiger partial charge on any atom is -0.360 e. The number of hydrogen-bond donors (Lipinski definition) is 3. The number of benzene rings is 2. The maximum Gasteiger partial charge on any atom is 0.416 e. The van der Waals surface area contributed by atoms with Crippen molar-refractivity contribution in [2.45, 2.75) is 32.0 Å². The molecule has 0 bridgehead atoms. The van der Waals surface area contributed by atoms with Crippen molar-refractivity contribution in [3.63, 3.8) is 0 Å². The Balaban J connectivity index is 1.37. The molecule has 2 heterocycles. The fourth-order valence-electron chi connectivity index (χ4n) is 3.53. The van der Waals surface area contributed by atoms with Crippen LogP contribution in [-0.4, -0.2) is 23.5 Å². The summed E-state index contributed by atoms with van der Waals surface area (Å²) in [4.78, 5) is 17.1. The standard InChI is InChI=1S/C22H21F3N4OS/c1-12-20(14-4-7-18-15(9-14)10-19(30)29-18)31-21(28-12)27-11-17(26)8-13-2-5-16(6-3-13)22(23,24)25/h2-7,9,17H,8,10-11,26H2,1H3,(H,27,28)(H,29,30)/t17-/m0/s1. The molecular formula is C22H21F3N4OS. The number of nitrogens with one attached hydrogen (secondary N) is 2. The summed E-state index contributed by atoms with van der Waals surface area (Å²) in [6.07, 6.45) is -3.51. The number of carbonyl (C=O) groups excluding carboxylic acids is 1. The highest BCUT2D eigenvalue weighted by Crippen LogP contribution is 2.36. The first-order valence-corrected chi connectivity index (χ1v) is 10.6. The Bertz CT molecular complexity index is 1110. The van der Waals surface area contributed by atoms with Crippen molar-refractivity contribution in [1.82, 2.24) is 4.98 Å². The molecular weight excluding hydrogens is 425 g/mol. The summed E-state index contributed by atoms with van der Waals surface area (Å²) >= 11 is 1.50. The lowest BCUT2D eigenvalue weighted by Gasteiger charge is -2.13. The van der Waals surface area contributed by atoms with E-state index in [1.807, 2.05) is 25.1 Å². The highest BCUT2D eigenvalue weighted by Gasteiger charge is 2.30. The fourth-order valence-corrected chi connectivity index (χ4v) is 4.50. The van der Waals surface area contributed by atoms with E-state index in [1.165, 1.54) is 23.5 Å². The first-order valence-electron chi connectivity index (χ1n) is 9.75. The van der Waals surface area contributed by atoms with Crippen LogP contribution in [-0.2, 0) is 23.8 Å². The van der Waals surface area contributed by atoms with Gasteiger partial charge in [-0.3, -0.25) is 4.79 Å². The maximum absolute atomic E-state index is 12.7. The van der Waals surface area contributed by atoms with Gasteiger partial charge in [0.2, 0.25) is 5.91 Å². The van der Waals surface area contributed by atoms with E-state index in [-0.39, 0.29) is 11.9 Å². The number of amides is 1. The molecule has 0 spiro atoms. The number of aryl methyl sites for hydroxylation is 1. The summed E-state index contributed by atoms with van der Waals surface area (Å²) in [5.74, 6) is -0.00225. The van der Waals surface area contributed by atoms with E-state index in [2.05, 4.69) is 15.6 Å². The van der Waals surface area contributed by atoms with Gasteiger partial charge in [-0.25, -0.2) is 4.98 Å². The second kappa shape index (κ2) is 8.32. The zero-order valence-electron chi connectivity index (χ0n) is 16.7. The molecule has 1 aromatic heterocycles. The van der Waals surface area contributed by atoms with E-state index in [4.69, 9.17) is 5.73 Å². The zero-order chi connectivity index (χ0) is 22.2. The van der Waals surface area contributed by atoms with Crippen molar-refractivity contribution in [3.8, 4) is 10.4 Å². The van der Waals surface area contributed by atoms with Crippen LogP contribution >= 0.6 is 11.3 Å². The zero-order valence-corrected chi connectivity index (χ0v) is 17.5. The van der Waals surface area contributed by atoms with Gasteiger partial charge in [-0.1, -0.05) is 29.5 Å². The SMILES string of the molecule is Cc1nc(NC[C@@H](N)Cc2ccc(C(F)(F)F)cc2)sc1-c1ccc2c(c1)CC(=O)N2. The smallest absolute Gasteiger partial charge is 0.360 e. The average molecular weight is 446 g/mol. The third-order valence-electron chi connectivity index (χ3n) is 5.08. The Morgan fingerprint density at radius 3 is 2.68 bits per heavy atom. The molecule has 2 aromatic carbocycles. The molecule has 4 N–H and O–H groups in total. The highest BCUT2D eigenvalue weighted by atomic mass is 32.1. The number of fused-ring (bicyclic) bond motifs is 1. The van der Waals surface area contributed by atoms with Crippen molar-refractivity contribution in [2.75, 3.05) is 17.2 Å². The van der Waals surface area contributed by atoms with Gasteiger partial charge in [0.1, 0.15) is 0 Å². The maximum atomic E-state index is 12.7. The van der Waals surface area contributed by atoms with Crippen LogP contribution in [0.5, 0.6) is 0 Å². The number of nitrogens with zero attached hydrogens (tertiary/aromatic N) is 1. The van der Waals surface area contributed by atoms with Crippen LogP contribution in [0.3, 0.4) is 0 Å². The molecule has 4 rings (SSSR count). The van der Waals surface area contributed by atoms with Gasteiger partial charge in [-0.15, -0.1) is 0 Å². The van der Waals surface area contributed by atoms with Crippen molar-refractivity contribution >= 4 is 28.1 Å². The molecule has 0 fully saturated rings. The van der Waals surface area contributed by atoms with Crippen LogP contribution in [0.2, 0.25) is 0 Å². The number of halogens is 3. The van der Waals surface area contributed by atoms with Crippen molar-refractivity contribution < 1.29 is 18.0 Å². The van der Waals surface area contributed by atoms with Gasteiger partial charge >= 0.3 is 6.18 Å². The van der Waals surface area contributed by atoms with Gasteiger partial charge in [-0.05, 0) is 54.3 Å². The molecule has 5 nitrogen and oxygen atoms in total. The van der Waals surface area contributed by atoms with Crippen LogP contribution < -0.4 is 16.4 Å². The molecule has 0 aliphatic carbocycles. The summed E-state index contributed by atoms with van der Waals surface area (Å²) in [6, 6.07) is 10.7. The third-order valence-corrected chi connectivity index (χ3v) is 6.25. The summed E-state index contributed by atoms with van der Waals surface area (Å²) in [5.41, 5.74) is 9.95. The molecule has 9 heteroatoms. The molecule has 0 saturated heterocycles. The lowest BCUT2D eigenvalue weighted by Crippen LogP contribution is -2.31. The number of alkyl halides is 3. The monoisotopic (exact) mass is 446 g/mol. The van der Waals surface area contributed by atoms with E-state index in [0.29, 0.717) is 19.4 Å². The van der Waals surface area contributed by atoms with Gasteiger partial charge in [0, 0.05) is 18.3 Å². The van der Waals surface area contributed by atoms with Crippen LogP contribution in [0.15, 0.2) is 42.5 Å². The summed E-state index contributed by atoms with van der Waals surface area (Å²) in [6.45, 7) is 2.37. The molecule has 1 aliphatic heterocycles. The van der Waals surface area contributed by atoms with E-state index >= 15 is 0 Å². The molecule has 162 valence electrons. The summed E-state index contributed by atoms with van der Waals surface area (Å²) < 4.78 is 38.0. The second-order valence-corrected chi connectivity index (χ2v) is 8.57. The van der Waals surface area contributed by atoms with Gasteiger partial charge in [0.05, 0.1) is 22.6 Å². The van der Waals surface area contributed by atoms with Crippen molar-refractivity contribution in [1.29, 1.82) is 0 Å².